The van der Waals surface area contributed by atoms with Gasteiger partial charge in [-0.25, -0.2) is 4.79 Å². The van der Waals surface area contributed by atoms with Crippen molar-refractivity contribution in [1.82, 2.24) is 10.2 Å². The molecule has 0 spiro atoms. The van der Waals surface area contributed by atoms with Crippen molar-refractivity contribution < 1.29 is 14.3 Å². The number of urea groups is 1. The number of likely N-dealkylation sites (tertiary alicyclic amines) is 1. The first-order valence-corrected chi connectivity index (χ1v) is 9.06. The summed E-state index contributed by atoms with van der Waals surface area (Å²) in [6.45, 7) is 8.24. The third-order valence-corrected chi connectivity index (χ3v) is 4.32. The molecule has 1 fully saturated rings. The molecule has 0 saturated carbocycles. The van der Waals surface area contributed by atoms with Crippen molar-refractivity contribution in [3.8, 4) is 5.75 Å². The maximum absolute atomic E-state index is 12.6. The van der Waals surface area contributed by atoms with E-state index in [4.69, 9.17) is 4.74 Å². The van der Waals surface area contributed by atoms with Crippen LogP contribution < -0.4 is 15.4 Å². The summed E-state index contributed by atoms with van der Waals surface area (Å²) < 4.78 is 5.55. The SMILES string of the molecule is CCOc1ccccc1NC(=O)N1CCC[C@H](CNC(=O)C(C)C)C1. The van der Waals surface area contributed by atoms with Gasteiger partial charge in [0.05, 0.1) is 12.3 Å². The van der Waals surface area contributed by atoms with Gasteiger partial charge in [-0.1, -0.05) is 26.0 Å². The van der Waals surface area contributed by atoms with E-state index in [0.717, 1.165) is 19.4 Å². The first-order valence-electron chi connectivity index (χ1n) is 9.06. The standard InChI is InChI=1S/C19H29N3O3/c1-4-25-17-10-6-5-9-16(17)21-19(24)22-11-7-8-15(13-22)12-20-18(23)14(2)3/h5-6,9-10,14-15H,4,7-8,11-13H2,1-3H3,(H,20,23)(H,21,24)/t15-/m1/s1. The number of hydrogen-bond donors (Lipinski definition) is 2. The molecule has 1 heterocycles. The van der Waals surface area contributed by atoms with Crippen molar-refractivity contribution in [2.75, 3.05) is 31.6 Å². The van der Waals surface area contributed by atoms with Crippen LogP contribution in [0.3, 0.4) is 0 Å². The fourth-order valence-corrected chi connectivity index (χ4v) is 2.91. The fraction of sp³-hybridized carbons (Fsp3) is 0.579. The summed E-state index contributed by atoms with van der Waals surface area (Å²) in [5.41, 5.74) is 0.685. The summed E-state index contributed by atoms with van der Waals surface area (Å²) in [5, 5.41) is 5.91. The Bertz CT molecular complexity index is 589. The van der Waals surface area contributed by atoms with Crippen LogP contribution in [-0.2, 0) is 4.79 Å². The summed E-state index contributed by atoms with van der Waals surface area (Å²) in [5.74, 6) is 1.02. The van der Waals surface area contributed by atoms with E-state index >= 15 is 0 Å². The summed E-state index contributed by atoms with van der Waals surface area (Å²) in [6, 6.07) is 7.33. The predicted octanol–water partition coefficient (Wildman–Crippen LogP) is 3.10. The molecular formula is C19H29N3O3. The van der Waals surface area contributed by atoms with Crippen LogP contribution in [0.2, 0.25) is 0 Å². The Kier molecular flexibility index (Phi) is 7.10. The molecule has 1 saturated heterocycles. The third kappa shape index (κ3) is 5.66. The van der Waals surface area contributed by atoms with E-state index < -0.39 is 0 Å². The van der Waals surface area contributed by atoms with Crippen LogP contribution >= 0.6 is 0 Å². The Balaban J connectivity index is 1.90. The number of hydrogen-bond acceptors (Lipinski definition) is 3. The van der Waals surface area contributed by atoms with Crippen LogP contribution in [0.5, 0.6) is 5.75 Å². The van der Waals surface area contributed by atoms with E-state index in [2.05, 4.69) is 10.6 Å². The molecule has 0 radical (unpaired) electrons. The fourth-order valence-electron chi connectivity index (χ4n) is 2.91. The van der Waals surface area contributed by atoms with Gasteiger partial charge < -0.3 is 20.3 Å². The molecule has 0 bridgehead atoms. The van der Waals surface area contributed by atoms with Crippen LogP contribution in [0, 0.1) is 11.8 Å². The number of nitrogens with zero attached hydrogens (tertiary/aromatic N) is 1. The predicted molar refractivity (Wildman–Crippen MR) is 98.8 cm³/mol. The van der Waals surface area contributed by atoms with Gasteiger partial charge in [-0.05, 0) is 37.8 Å². The molecule has 0 aromatic heterocycles. The molecular weight excluding hydrogens is 318 g/mol. The van der Waals surface area contributed by atoms with Crippen molar-refractivity contribution in [3.63, 3.8) is 0 Å². The van der Waals surface area contributed by atoms with Crippen LogP contribution in [0.15, 0.2) is 24.3 Å². The first kappa shape index (κ1) is 19.1. The number of rotatable bonds is 6. The average molecular weight is 347 g/mol. The van der Waals surface area contributed by atoms with E-state index in [1.165, 1.54) is 0 Å². The minimum atomic E-state index is -0.118. The lowest BCUT2D eigenvalue weighted by Gasteiger charge is -2.33. The second-order valence-electron chi connectivity index (χ2n) is 6.71. The Morgan fingerprint density at radius 1 is 1.32 bits per heavy atom. The zero-order valence-electron chi connectivity index (χ0n) is 15.4. The molecule has 3 amide bonds. The van der Waals surface area contributed by atoms with Gasteiger partial charge >= 0.3 is 6.03 Å². The molecule has 1 aromatic carbocycles. The molecule has 138 valence electrons. The molecule has 25 heavy (non-hydrogen) atoms. The molecule has 0 aliphatic carbocycles. The van der Waals surface area contributed by atoms with E-state index in [0.29, 0.717) is 37.1 Å². The van der Waals surface area contributed by atoms with Crippen LogP contribution in [-0.4, -0.2) is 43.1 Å². The minimum Gasteiger partial charge on any atom is -0.492 e. The number of piperidine rings is 1. The number of carbonyl (C=O) groups is 2. The molecule has 6 nitrogen and oxygen atoms in total. The lowest BCUT2D eigenvalue weighted by molar-refractivity contribution is -0.124. The van der Waals surface area contributed by atoms with Gasteiger partial charge in [-0.3, -0.25) is 4.79 Å². The highest BCUT2D eigenvalue weighted by Gasteiger charge is 2.24. The Morgan fingerprint density at radius 3 is 2.80 bits per heavy atom. The number of amides is 3. The lowest BCUT2D eigenvalue weighted by Crippen LogP contribution is -2.45. The maximum atomic E-state index is 12.6. The largest absolute Gasteiger partial charge is 0.492 e. The number of para-hydroxylation sites is 2. The molecule has 0 unspecified atom stereocenters. The van der Waals surface area contributed by atoms with Gasteiger partial charge in [0.25, 0.3) is 0 Å². The number of benzene rings is 1. The summed E-state index contributed by atoms with van der Waals surface area (Å²) in [7, 11) is 0. The Hall–Kier alpha value is -2.24. The van der Waals surface area contributed by atoms with E-state index in [9.17, 15) is 9.59 Å². The highest BCUT2D eigenvalue weighted by molar-refractivity contribution is 5.91. The van der Waals surface area contributed by atoms with Crippen LogP contribution in [0.1, 0.15) is 33.6 Å². The summed E-state index contributed by atoms with van der Waals surface area (Å²) in [6.07, 6.45) is 1.97. The Labute approximate surface area is 149 Å². The number of anilines is 1. The van der Waals surface area contributed by atoms with Gasteiger partial charge in [0, 0.05) is 25.6 Å². The third-order valence-electron chi connectivity index (χ3n) is 4.32. The average Bonchev–Trinajstić information content (AvgIpc) is 2.61. The highest BCUT2D eigenvalue weighted by atomic mass is 16.5. The molecule has 6 heteroatoms. The number of nitrogens with one attached hydrogen (secondary N) is 2. The summed E-state index contributed by atoms with van der Waals surface area (Å²) in [4.78, 5) is 26.1. The lowest BCUT2D eigenvalue weighted by atomic mass is 9.98. The van der Waals surface area contributed by atoms with Crippen LogP contribution in [0.4, 0.5) is 10.5 Å². The second kappa shape index (κ2) is 9.30. The van der Waals surface area contributed by atoms with Gasteiger partial charge in [-0.15, -0.1) is 0 Å². The first-order chi connectivity index (χ1) is 12.0. The second-order valence-corrected chi connectivity index (χ2v) is 6.71. The number of ether oxygens (including phenoxy) is 1. The van der Waals surface area contributed by atoms with Gasteiger partial charge in [-0.2, -0.15) is 0 Å². The van der Waals surface area contributed by atoms with Crippen molar-refractivity contribution >= 4 is 17.6 Å². The van der Waals surface area contributed by atoms with Gasteiger partial charge in [0.15, 0.2) is 0 Å². The highest BCUT2D eigenvalue weighted by Crippen LogP contribution is 2.25. The maximum Gasteiger partial charge on any atom is 0.321 e. The summed E-state index contributed by atoms with van der Waals surface area (Å²) >= 11 is 0. The zero-order valence-corrected chi connectivity index (χ0v) is 15.4. The van der Waals surface area contributed by atoms with Crippen molar-refractivity contribution in [2.24, 2.45) is 11.8 Å². The van der Waals surface area contributed by atoms with Gasteiger partial charge in [0.1, 0.15) is 5.75 Å². The van der Waals surface area contributed by atoms with Gasteiger partial charge in [0.2, 0.25) is 5.91 Å². The smallest absolute Gasteiger partial charge is 0.321 e. The monoisotopic (exact) mass is 347 g/mol. The minimum absolute atomic E-state index is 0.0157. The Morgan fingerprint density at radius 2 is 2.08 bits per heavy atom. The normalized spacial score (nSPS) is 17.3. The molecule has 2 rings (SSSR count). The van der Waals surface area contributed by atoms with E-state index in [-0.39, 0.29) is 17.9 Å². The topological polar surface area (TPSA) is 70.7 Å². The molecule has 2 N–H and O–H groups in total. The van der Waals surface area contributed by atoms with Crippen molar-refractivity contribution in [3.05, 3.63) is 24.3 Å². The zero-order chi connectivity index (χ0) is 18.2. The van der Waals surface area contributed by atoms with E-state index in [1.807, 2.05) is 49.9 Å². The van der Waals surface area contributed by atoms with Crippen LogP contribution in [0.25, 0.3) is 0 Å². The molecule has 1 aliphatic heterocycles. The molecule has 1 atom stereocenters. The van der Waals surface area contributed by atoms with E-state index in [1.54, 1.807) is 0 Å². The van der Waals surface area contributed by atoms with Crippen molar-refractivity contribution in [2.45, 2.75) is 33.6 Å². The molecule has 1 aliphatic rings. The van der Waals surface area contributed by atoms with Crippen molar-refractivity contribution in [1.29, 1.82) is 0 Å². The number of carbonyl (C=O) groups excluding carboxylic acids is 2. The quantitative estimate of drug-likeness (QED) is 0.831. The molecule has 1 aromatic rings.